The molecule has 0 bridgehead atoms. The number of hydrogen-bond acceptors (Lipinski definition) is 4. The van der Waals surface area contributed by atoms with E-state index in [9.17, 15) is 4.79 Å². The second-order valence-corrected chi connectivity index (χ2v) is 7.06. The molecule has 134 valence electrons. The zero-order chi connectivity index (χ0) is 18.8. The Morgan fingerprint density at radius 1 is 1.07 bits per heavy atom. The van der Waals surface area contributed by atoms with Crippen molar-refractivity contribution in [3.8, 4) is 11.3 Å². The summed E-state index contributed by atoms with van der Waals surface area (Å²) in [7, 11) is 0. The number of carbonyl (C=O) groups is 1. The number of hydrogen-bond donors (Lipinski definition) is 1. The largest absolute Gasteiger partial charge is 0.455 e. The summed E-state index contributed by atoms with van der Waals surface area (Å²) in [5.74, 6) is 0.913. The summed E-state index contributed by atoms with van der Waals surface area (Å²) in [5, 5.41) is 5.24. The van der Waals surface area contributed by atoms with Crippen LogP contribution in [0.4, 0.5) is 0 Å². The lowest BCUT2D eigenvalue weighted by Crippen LogP contribution is -2.16. The smallest absolute Gasteiger partial charge is 0.307 e. The van der Waals surface area contributed by atoms with E-state index in [1.54, 1.807) is 30.3 Å². The first-order valence-electron chi connectivity index (χ1n) is 7.97. The molecule has 0 spiro atoms. The molecule has 2 heterocycles. The number of hydrazone groups is 1. The average Bonchev–Trinajstić information content (AvgIpc) is 3.28. The van der Waals surface area contributed by atoms with Crippen LogP contribution in [0.2, 0.25) is 5.02 Å². The summed E-state index contributed by atoms with van der Waals surface area (Å²) >= 11 is 9.37. The van der Waals surface area contributed by atoms with Gasteiger partial charge < -0.3 is 8.83 Å². The first-order chi connectivity index (χ1) is 13.1. The van der Waals surface area contributed by atoms with Gasteiger partial charge in [0.1, 0.15) is 17.1 Å². The second kappa shape index (κ2) is 7.42. The van der Waals surface area contributed by atoms with Crippen LogP contribution in [0.5, 0.6) is 0 Å². The number of rotatable bonds is 4. The van der Waals surface area contributed by atoms with Crippen molar-refractivity contribution < 1.29 is 13.6 Å². The Balaban J connectivity index is 1.45. The zero-order valence-corrected chi connectivity index (χ0v) is 16.1. The fourth-order valence-corrected chi connectivity index (χ4v) is 3.13. The maximum atomic E-state index is 12.2. The Kier molecular flexibility index (Phi) is 4.83. The molecule has 0 aliphatic heterocycles. The predicted octanol–water partition coefficient (Wildman–Crippen LogP) is 5.87. The number of amides is 1. The molecule has 0 unspecified atom stereocenters. The van der Waals surface area contributed by atoms with Crippen molar-refractivity contribution in [2.45, 2.75) is 0 Å². The molecule has 4 rings (SSSR count). The molecule has 7 heteroatoms. The van der Waals surface area contributed by atoms with Crippen molar-refractivity contribution in [1.82, 2.24) is 5.43 Å². The quantitative estimate of drug-likeness (QED) is 0.317. The van der Waals surface area contributed by atoms with Crippen LogP contribution in [0.15, 0.2) is 79.1 Å². The van der Waals surface area contributed by atoms with E-state index in [0.29, 0.717) is 22.1 Å². The maximum absolute atomic E-state index is 12.2. The average molecular weight is 444 g/mol. The molecule has 2 aromatic heterocycles. The van der Waals surface area contributed by atoms with Crippen LogP contribution < -0.4 is 5.43 Å². The zero-order valence-electron chi connectivity index (χ0n) is 13.8. The maximum Gasteiger partial charge on any atom is 0.307 e. The third-order valence-corrected chi connectivity index (χ3v) is 4.52. The van der Waals surface area contributed by atoms with Crippen LogP contribution in [-0.4, -0.2) is 12.1 Å². The van der Waals surface area contributed by atoms with Gasteiger partial charge in [-0.15, -0.1) is 0 Å². The van der Waals surface area contributed by atoms with E-state index >= 15 is 0 Å². The molecular weight excluding hydrogens is 432 g/mol. The van der Waals surface area contributed by atoms with Gasteiger partial charge in [0.25, 0.3) is 0 Å². The van der Waals surface area contributed by atoms with Crippen LogP contribution in [0, 0.1) is 0 Å². The predicted molar refractivity (Wildman–Crippen MR) is 108 cm³/mol. The van der Waals surface area contributed by atoms with Gasteiger partial charge in [-0.25, -0.2) is 5.43 Å². The third-order valence-electron chi connectivity index (χ3n) is 3.80. The molecule has 0 radical (unpaired) electrons. The molecule has 0 saturated heterocycles. The lowest BCUT2D eigenvalue weighted by Gasteiger charge is -1.97. The highest BCUT2D eigenvalue weighted by Crippen LogP contribution is 2.25. The SMILES string of the molecule is O=C(N/N=C/c1ccc(-c2cccc(Br)c2)o1)c1cc2cc(Cl)ccc2o1. The molecule has 1 amide bonds. The number of furan rings is 2. The minimum absolute atomic E-state index is 0.152. The van der Waals surface area contributed by atoms with Crippen molar-refractivity contribution >= 4 is 50.6 Å². The number of benzene rings is 2. The summed E-state index contributed by atoms with van der Waals surface area (Å²) in [6.45, 7) is 0. The Bertz CT molecular complexity index is 1160. The van der Waals surface area contributed by atoms with Crippen molar-refractivity contribution in [2.75, 3.05) is 0 Å². The van der Waals surface area contributed by atoms with Crippen LogP contribution in [0.25, 0.3) is 22.3 Å². The van der Waals surface area contributed by atoms with Gasteiger partial charge in [-0.05, 0) is 48.5 Å². The van der Waals surface area contributed by atoms with Gasteiger partial charge in [0.2, 0.25) is 0 Å². The van der Waals surface area contributed by atoms with E-state index in [0.717, 1.165) is 15.4 Å². The number of nitrogens with one attached hydrogen (secondary N) is 1. The van der Waals surface area contributed by atoms with Gasteiger partial charge in [-0.1, -0.05) is 39.7 Å². The number of nitrogens with zero attached hydrogens (tertiary/aromatic N) is 1. The summed E-state index contributed by atoms with van der Waals surface area (Å²) in [6, 6.07) is 18.1. The molecule has 1 N–H and O–H groups in total. The summed E-state index contributed by atoms with van der Waals surface area (Å²) < 4.78 is 12.2. The third kappa shape index (κ3) is 3.97. The molecule has 0 saturated carbocycles. The normalized spacial score (nSPS) is 11.3. The molecule has 0 aliphatic rings. The van der Waals surface area contributed by atoms with E-state index < -0.39 is 5.91 Å². The van der Waals surface area contributed by atoms with Gasteiger partial charge in [0.15, 0.2) is 5.76 Å². The second-order valence-electron chi connectivity index (χ2n) is 5.70. The molecule has 2 aromatic carbocycles. The Labute approximate surface area is 167 Å². The van der Waals surface area contributed by atoms with Gasteiger partial charge in [0.05, 0.1) is 6.21 Å². The highest BCUT2D eigenvalue weighted by atomic mass is 79.9. The van der Waals surface area contributed by atoms with Gasteiger partial charge >= 0.3 is 5.91 Å². The lowest BCUT2D eigenvalue weighted by molar-refractivity contribution is 0.0929. The van der Waals surface area contributed by atoms with E-state index in [1.807, 2.05) is 30.3 Å². The summed E-state index contributed by atoms with van der Waals surface area (Å²) in [5.41, 5.74) is 3.94. The van der Waals surface area contributed by atoms with Gasteiger partial charge in [0, 0.05) is 20.4 Å². The Morgan fingerprint density at radius 3 is 2.81 bits per heavy atom. The van der Waals surface area contributed by atoms with Crippen molar-refractivity contribution in [3.05, 3.63) is 81.7 Å². The molecule has 27 heavy (non-hydrogen) atoms. The highest BCUT2D eigenvalue weighted by molar-refractivity contribution is 9.10. The molecule has 4 aromatic rings. The first-order valence-corrected chi connectivity index (χ1v) is 9.14. The molecule has 0 aliphatic carbocycles. The van der Waals surface area contributed by atoms with Crippen molar-refractivity contribution in [1.29, 1.82) is 0 Å². The number of halogens is 2. The number of fused-ring (bicyclic) bond motifs is 1. The molecule has 5 nitrogen and oxygen atoms in total. The van der Waals surface area contributed by atoms with Crippen LogP contribution in [-0.2, 0) is 0 Å². The fraction of sp³-hybridized carbons (Fsp3) is 0. The topological polar surface area (TPSA) is 67.7 Å². The van der Waals surface area contributed by atoms with Gasteiger partial charge in [-0.3, -0.25) is 4.79 Å². The minimum Gasteiger partial charge on any atom is -0.455 e. The lowest BCUT2D eigenvalue weighted by atomic mass is 10.2. The standard InChI is InChI=1S/C20H12BrClN2O3/c21-14-3-1-2-12(8-14)17-7-5-16(26-17)11-23-24-20(25)19-10-13-9-15(22)4-6-18(13)27-19/h1-11H,(H,24,25)/b23-11+. The Hall–Kier alpha value is -2.83. The number of carbonyl (C=O) groups excluding carboxylic acids is 1. The fourth-order valence-electron chi connectivity index (χ4n) is 2.55. The molecular formula is C20H12BrClN2O3. The van der Waals surface area contributed by atoms with E-state index in [1.165, 1.54) is 6.21 Å². The van der Waals surface area contributed by atoms with Crippen molar-refractivity contribution in [2.24, 2.45) is 5.10 Å². The minimum atomic E-state index is -0.461. The van der Waals surface area contributed by atoms with Crippen LogP contribution in [0.3, 0.4) is 0 Å². The summed E-state index contributed by atoms with van der Waals surface area (Å²) in [4.78, 5) is 12.2. The van der Waals surface area contributed by atoms with Crippen LogP contribution >= 0.6 is 27.5 Å². The molecule has 0 atom stereocenters. The van der Waals surface area contributed by atoms with E-state index in [2.05, 4.69) is 26.5 Å². The van der Waals surface area contributed by atoms with E-state index in [-0.39, 0.29) is 5.76 Å². The monoisotopic (exact) mass is 442 g/mol. The first kappa shape index (κ1) is 17.6. The summed E-state index contributed by atoms with van der Waals surface area (Å²) in [6.07, 6.45) is 1.43. The molecule has 0 fully saturated rings. The highest BCUT2D eigenvalue weighted by Gasteiger charge is 2.12. The Morgan fingerprint density at radius 2 is 1.96 bits per heavy atom. The van der Waals surface area contributed by atoms with Gasteiger partial charge in [-0.2, -0.15) is 5.10 Å². The van der Waals surface area contributed by atoms with Crippen LogP contribution in [0.1, 0.15) is 16.3 Å². The van der Waals surface area contributed by atoms with Crippen molar-refractivity contribution in [3.63, 3.8) is 0 Å². The van der Waals surface area contributed by atoms with E-state index in [4.69, 9.17) is 20.4 Å².